The van der Waals surface area contributed by atoms with Crippen LogP contribution in [-0.2, 0) is 0 Å². The van der Waals surface area contributed by atoms with Gasteiger partial charge in [0.25, 0.3) is 5.71 Å². The number of benzene rings is 1. The molecule has 0 atom stereocenters. The van der Waals surface area contributed by atoms with Crippen LogP contribution in [0.15, 0.2) is 43.4 Å². The van der Waals surface area contributed by atoms with Crippen molar-refractivity contribution in [1.29, 1.82) is 0 Å². The van der Waals surface area contributed by atoms with E-state index in [1.54, 1.807) is 12.1 Å². The molecule has 1 N–H and O–H groups in total. The number of rotatable bonds is 3. The van der Waals surface area contributed by atoms with Crippen molar-refractivity contribution < 1.29 is 14.4 Å². The number of carboxylic acids is 1. The van der Waals surface area contributed by atoms with Crippen molar-refractivity contribution in [1.82, 2.24) is 15.1 Å². The third-order valence-electron chi connectivity index (χ3n) is 2.79. The van der Waals surface area contributed by atoms with Gasteiger partial charge < -0.3 is 9.63 Å². The maximum absolute atomic E-state index is 11.2. The molecule has 0 fully saturated rings. The first-order valence-electron chi connectivity index (χ1n) is 5.84. The van der Waals surface area contributed by atoms with Gasteiger partial charge in [-0.25, -0.2) is 9.78 Å². The van der Waals surface area contributed by atoms with Gasteiger partial charge in [-0.2, -0.15) is 4.98 Å². The Hall–Kier alpha value is -1.93. The fourth-order valence-corrected chi connectivity index (χ4v) is 3.20. The van der Waals surface area contributed by atoms with Crippen molar-refractivity contribution in [2.75, 3.05) is 0 Å². The summed E-state index contributed by atoms with van der Waals surface area (Å²) in [6.45, 7) is 1.81. The van der Waals surface area contributed by atoms with Crippen LogP contribution in [0.5, 0.6) is 0 Å². The lowest BCUT2D eigenvalue weighted by Crippen LogP contribution is -1.97. The molecule has 0 radical (unpaired) electrons. The van der Waals surface area contributed by atoms with Crippen LogP contribution in [0.1, 0.15) is 16.1 Å². The summed E-state index contributed by atoms with van der Waals surface area (Å²) < 4.78 is 5.63. The van der Waals surface area contributed by atoms with Crippen LogP contribution < -0.4 is 0 Å². The maximum Gasteiger partial charge on any atom is 0.336 e. The third-order valence-corrected chi connectivity index (χ3v) is 4.48. The molecule has 0 amide bonds. The van der Waals surface area contributed by atoms with E-state index in [9.17, 15) is 4.79 Å². The molecule has 0 aliphatic carbocycles. The summed E-state index contributed by atoms with van der Waals surface area (Å²) in [6, 6.07) is 5.11. The van der Waals surface area contributed by atoms with E-state index in [-0.39, 0.29) is 5.56 Å². The summed E-state index contributed by atoms with van der Waals surface area (Å²) >= 11 is 4.56. The second-order valence-electron chi connectivity index (χ2n) is 4.18. The van der Waals surface area contributed by atoms with E-state index < -0.39 is 5.97 Å². The lowest BCUT2D eigenvalue weighted by atomic mass is 10.2. The summed E-state index contributed by atoms with van der Waals surface area (Å²) in [5.74, 6) is -0.988. The SMILES string of the molecule is Cc1noc2ncnc(Sc3ccc(Br)c(C(=O)O)c3)c12. The van der Waals surface area contributed by atoms with Crippen LogP contribution in [0.4, 0.5) is 0 Å². The summed E-state index contributed by atoms with van der Waals surface area (Å²) in [4.78, 5) is 20.2. The molecule has 2 aromatic heterocycles. The number of aryl methyl sites for hydroxylation is 1. The molecular formula is C13H8BrN3O3S. The standard InChI is InChI=1S/C13H8BrN3O3S/c1-6-10-11(20-17-6)15-5-16-12(10)21-7-2-3-9(14)8(4-7)13(18)19/h2-5H,1H3,(H,18,19). The van der Waals surface area contributed by atoms with E-state index >= 15 is 0 Å². The van der Waals surface area contributed by atoms with Crippen molar-refractivity contribution >= 4 is 44.8 Å². The first-order valence-corrected chi connectivity index (χ1v) is 7.45. The highest BCUT2D eigenvalue weighted by atomic mass is 79.9. The third kappa shape index (κ3) is 2.64. The van der Waals surface area contributed by atoms with Crippen LogP contribution in [0.3, 0.4) is 0 Å². The Morgan fingerprint density at radius 2 is 2.19 bits per heavy atom. The molecule has 106 valence electrons. The number of carboxylic acid groups (broad SMARTS) is 1. The number of hydrogen-bond acceptors (Lipinski definition) is 6. The first-order chi connectivity index (χ1) is 10.1. The fourth-order valence-electron chi connectivity index (χ4n) is 1.81. The van der Waals surface area contributed by atoms with Crippen LogP contribution in [0.2, 0.25) is 0 Å². The molecule has 0 saturated heterocycles. The minimum Gasteiger partial charge on any atom is -0.478 e. The number of fused-ring (bicyclic) bond motifs is 1. The molecule has 0 spiro atoms. The lowest BCUT2D eigenvalue weighted by molar-refractivity contribution is 0.0695. The maximum atomic E-state index is 11.2. The zero-order valence-electron chi connectivity index (χ0n) is 10.7. The van der Waals surface area contributed by atoms with Crippen molar-refractivity contribution in [3.05, 3.63) is 40.3 Å². The molecule has 3 rings (SSSR count). The predicted molar refractivity (Wildman–Crippen MR) is 79.6 cm³/mol. The Balaban J connectivity index is 2.05. The topological polar surface area (TPSA) is 89.1 Å². The van der Waals surface area contributed by atoms with E-state index in [1.165, 1.54) is 18.1 Å². The number of hydrogen-bond donors (Lipinski definition) is 1. The zero-order valence-corrected chi connectivity index (χ0v) is 13.1. The number of halogens is 1. The summed E-state index contributed by atoms with van der Waals surface area (Å²) in [6.07, 6.45) is 1.40. The second kappa shape index (κ2) is 5.45. The summed E-state index contributed by atoms with van der Waals surface area (Å²) in [5.41, 5.74) is 1.32. The van der Waals surface area contributed by atoms with E-state index in [0.717, 1.165) is 10.3 Å². The number of aromatic carboxylic acids is 1. The lowest BCUT2D eigenvalue weighted by Gasteiger charge is -2.04. The van der Waals surface area contributed by atoms with Crippen LogP contribution in [-0.4, -0.2) is 26.2 Å². The highest BCUT2D eigenvalue weighted by Gasteiger charge is 2.15. The van der Waals surface area contributed by atoms with Crippen molar-refractivity contribution in [2.24, 2.45) is 0 Å². The van der Waals surface area contributed by atoms with Gasteiger partial charge in [0.1, 0.15) is 11.4 Å². The minimum absolute atomic E-state index is 0.201. The van der Waals surface area contributed by atoms with Gasteiger partial charge in [-0.1, -0.05) is 16.9 Å². The van der Waals surface area contributed by atoms with Crippen LogP contribution in [0, 0.1) is 6.92 Å². The van der Waals surface area contributed by atoms with Gasteiger partial charge in [0.2, 0.25) is 0 Å². The molecule has 0 unspecified atom stereocenters. The number of aromatic nitrogens is 3. The summed E-state index contributed by atoms with van der Waals surface area (Å²) in [5, 5.41) is 14.4. The molecule has 2 heterocycles. The Morgan fingerprint density at radius 3 is 2.95 bits per heavy atom. The van der Waals surface area contributed by atoms with Crippen molar-refractivity contribution in [3.63, 3.8) is 0 Å². The van der Waals surface area contributed by atoms with Gasteiger partial charge in [0, 0.05) is 9.37 Å². The van der Waals surface area contributed by atoms with Gasteiger partial charge in [-0.15, -0.1) is 0 Å². The van der Waals surface area contributed by atoms with Crippen molar-refractivity contribution in [2.45, 2.75) is 16.8 Å². The Bertz CT molecular complexity index is 850. The van der Waals surface area contributed by atoms with Gasteiger partial charge in [-0.3, -0.25) is 0 Å². The quantitative estimate of drug-likeness (QED) is 0.709. The van der Waals surface area contributed by atoms with Gasteiger partial charge in [0.15, 0.2) is 0 Å². The molecule has 3 aromatic rings. The average Bonchev–Trinajstić information content (AvgIpc) is 2.83. The largest absolute Gasteiger partial charge is 0.478 e. The second-order valence-corrected chi connectivity index (χ2v) is 6.09. The van der Waals surface area contributed by atoms with Crippen molar-refractivity contribution in [3.8, 4) is 0 Å². The fraction of sp³-hybridized carbons (Fsp3) is 0.0769. The molecule has 8 heteroatoms. The Labute approximate surface area is 131 Å². The Kier molecular flexibility index (Phi) is 3.64. The number of nitrogens with zero attached hydrogens (tertiary/aromatic N) is 3. The summed E-state index contributed by atoms with van der Waals surface area (Å²) in [7, 11) is 0. The molecule has 6 nitrogen and oxygen atoms in total. The van der Waals surface area contributed by atoms with E-state index in [4.69, 9.17) is 9.63 Å². The van der Waals surface area contributed by atoms with Gasteiger partial charge in [0.05, 0.1) is 16.6 Å². The van der Waals surface area contributed by atoms with Gasteiger partial charge in [-0.05, 0) is 41.1 Å². The molecule has 0 bridgehead atoms. The van der Waals surface area contributed by atoms with Gasteiger partial charge >= 0.3 is 5.97 Å². The highest BCUT2D eigenvalue weighted by Crippen LogP contribution is 2.34. The smallest absolute Gasteiger partial charge is 0.336 e. The van der Waals surface area contributed by atoms with Crippen LogP contribution in [0.25, 0.3) is 11.1 Å². The zero-order chi connectivity index (χ0) is 15.0. The van der Waals surface area contributed by atoms with E-state index in [0.29, 0.717) is 20.9 Å². The first kappa shape index (κ1) is 14.0. The molecule has 21 heavy (non-hydrogen) atoms. The minimum atomic E-state index is -0.988. The average molecular weight is 366 g/mol. The Morgan fingerprint density at radius 1 is 1.38 bits per heavy atom. The predicted octanol–water partition coefficient (Wildman–Crippen LogP) is 3.54. The van der Waals surface area contributed by atoms with Crippen LogP contribution >= 0.6 is 27.7 Å². The van der Waals surface area contributed by atoms with E-state index in [2.05, 4.69) is 31.1 Å². The normalized spacial score (nSPS) is 11.0. The van der Waals surface area contributed by atoms with E-state index in [1.807, 2.05) is 13.0 Å². The molecule has 0 saturated carbocycles. The highest BCUT2D eigenvalue weighted by molar-refractivity contribution is 9.10. The molecular weight excluding hydrogens is 358 g/mol. The molecule has 0 aliphatic rings. The monoisotopic (exact) mass is 365 g/mol. The molecule has 0 aliphatic heterocycles. The number of carbonyl (C=O) groups is 1. The molecule has 1 aromatic carbocycles.